The number of carbonyl (C=O) groups is 2. The zero-order chi connectivity index (χ0) is 18.6. The van der Waals surface area contributed by atoms with Crippen molar-refractivity contribution < 1.29 is 24.5 Å². The number of benzene rings is 1. The first-order valence-electron chi connectivity index (χ1n) is 7.98. The third kappa shape index (κ3) is 4.36. The molecular weight excluding hydrogens is 342 g/mol. The monoisotopic (exact) mass is 365 g/mol. The van der Waals surface area contributed by atoms with E-state index in [-0.39, 0.29) is 18.1 Å². The van der Waals surface area contributed by atoms with Crippen LogP contribution in [0.25, 0.3) is 10.1 Å². The fraction of sp³-hybridized carbons (Fsp3) is 0.444. The third-order valence-electron chi connectivity index (χ3n) is 4.17. The highest BCUT2D eigenvalue weighted by molar-refractivity contribution is 7.21. The second-order valence-electron chi connectivity index (χ2n) is 6.73. The summed E-state index contributed by atoms with van der Waals surface area (Å²) in [6, 6.07) is 7.86. The summed E-state index contributed by atoms with van der Waals surface area (Å²) in [5.74, 6) is -0.868. The molecule has 6 nitrogen and oxygen atoms in total. The maximum Gasteiger partial charge on any atom is 0.346 e. The summed E-state index contributed by atoms with van der Waals surface area (Å²) < 4.78 is 6.95. The molecule has 3 rings (SSSR count). The van der Waals surface area contributed by atoms with E-state index in [0.29, 0.717) is 11.5 Å². The van der Waals surface area contributed by atoms with E-state index in [1.165, 1.54) is 11.3 Å². The summed E-state index contributed by atoms with van der Waals surface area (Å²) in [5, 5.41) is 17.5. The molecule has 0 spiro atoms. The van der Waals surface area contributed by atoms with E-state index in [0.717, 1.165) is 28.7 Å². The van der Waals surface area contributed by atoms with E-state index >= 15 is 0 Å². The second kappa shape index (κ2) is 7.95. The van der Waals surface area contributed by atoms with Crippen molar-refractivity contribution in [3.63, 3.8) is 0 Å². The zero-order valence-corrected chi connectivity index (χ0v) is 15.4. The van der Waals surface area contributed by atoms with Gasteiger partial charge in [0.15, 0.2) is 0 Å². The van der Waals surface area contributed by atoms with Gasteiger partial charge < -0.3 is 14.9 Å². The molecule has 25 heavy (non-hydrogen) atoms. The summed E-state index contributed by atoms with van der Waals surface area (Å²) in [6.45, 7) is 8.53. The summed E-state index contributed by atoms with van der Waals surface area (Å²) in [5.41, 5.74) is 0.888. The van der Waals surface area contributed by atoms with Crippen LogP contribution in [0.5, 0.6) is 0 Å². The minimum atomic E-state index is -0.868. The number of fused-ring (bicyclic) bond motifs is 1. The number of carboxylic acids is 1. The normalized spacial score (nSPS) is 18.4. The molecule has 7 heteroatoms. The number of carboxylic acid groups (broad SMARTS) is 2. The Balaban J connectivity index is 0.000000701. The summed E-state index contributed by atoms with van der Waals surface area (Å²) in [4.78, 5) is 22.8. The van der Waals surface area contributed by atoms with Crippen LogP contribution >= 0.6 is 11.3 Å². The Morgan fingerprint density at radius 1 is 1.36 bits per heavy atom. The van der Waals surface area contributed by atoms with Gasteiger partial charge in [0, 0.05) is 28.9 Å². The minimum absolute atomic E-state index is 0.0528. The molecule has 0 bridgehead atoms. The highest BCUT2D eigenvalue weighted by atomic mass is 32.1. The highest BCUT2D eigenvalue weighted by Gasteiger charge is 2.33. The lowest BCUT2D eigenvalue weighted by Gasteiger charge is -2.41. The first-order valence-corrected chi connectivity index (χ1v) is 8.80. The Labute approximate surface area is 150 Å². The van der Waals surface area contributed by atoms with E-state index in [4.69, 9.17) is 14.6 Å². The zero-order valence-electron chi connectivity index (χ0n) is 14.6. The number of rotatable bonds is 2. The molecule has 136 valence electrons. The number of aromatic carboxylic acids is 1. The van der Waals surface area contributed by atoms with Crippen LogP contribution in [0.1, 0.15) is 42.1 Å². The maximum absolute atomic E-state index is 11.7. The molecule has 0 saturated carbocycles. The van der Waals surface area contributed by atoms with Crippen LogP contribution in [0.4, 0.5) is 0 Å². The molecule has 1 unspecified atom stereocenters. The number of nitrogens with zero attached hydrogens (tertiary/aromatic N) is 1. The smallest absolute Gasteiger partial charge is 0.346 e. The topological polar surface area (TPSA) is 87.1 Å². The Morgan fingerprint density at radius 3 is 2.60 bits per heavy atom. The molecule has 0 aliphatic carbocycles. The SMILES string of the molecule is CC(C)(C)N1CCOC(c2c(C(=O)O)sc3ccccc23)C1.O=CO. The third-order valence-corrected chi connectivity index (χ3v) is 5.34. The van der Waals surface area contributed by atoms with Crippen LogP contribution in [0, 0.1) is 0 Å². The molecule has 1 atom stereocenters. The van der Waals surface area contributed by atoms with Crippen molar-refractivity contribution in [1.29, 1.82) is 0 Å². The van der Waals surface area contributed by atoms with Gasteiger partial charge >= 0.3 is 5.97 Å². The Morgan fingerprint density at radius 2 is 2.00 bits per heavy atom. The van der Waals surface area contributed by atoms with Gasteiger partial charge in [-0.25, -0.2) is 4.79 Å². The molecule has 2 aromatic rings. The average molecular weight is 365 g/mol. The lowest BCUT2D eigenvalue weighted by molar-refractivity contribution is -0.122. The fourth-order valence-electron chi connectivity index (χ4n) is 2.98. The molecular formula is C18H23NO5S. The maximum atomic E-state index is 11.7. The van der Waals surface area contributed by atoms with Crippen molar-refractivity contribution in [2.24, 2.45) is 0 Å². The summed E-state index contributed by atoms with van der Waals surface area (Å²) in [6.07, 6.45) is -0.185. The van der Waals surface area contributed by atoms with Crippen molar-refractivity contribution in [3.05, 3.63) is 34.7 Å². The second-order valence-corrected chi connectivity index (χ2v) is 7.78. The Bertz CT molecular complexity index is 749. The van der Waals surface area contributed by atoms with Crippen LogP contribution in [-0.4, -0.2) is 52.8 Å². The molecule has 0 amide bonds. The molecule has 2 heterocycles. The van der Waals surface area contributed by atoms with Gasteiger partial charge in [0.1, 0.15) is 4.88 Å². The molecule has 2 N–H and O–H groups in total. The van der Waals surface area contributed by atoms with Crippen molar-refractivity contribution in [1.82, 2.24) is 4.90 Å². The number of thiophene rings is 1. The summed E-state index contributed by atoms with van der Waals surface area (Å²) >= 11 is 1.34. The first kappa shape index (κ1) is 19.4. The largest absolute Gasteiger partial charge is 0.483 e. The Kier molecular flexibility index (Phi) is 6.16. The number of hydrogen-bond acceptors (Lipinski definition) is 5. The number of hydrogen-bond donors (Lipinski definition) is 2. The van der Waals surface area contributed by atoms with E-state index in [9.17, 15) is 9.90 Å². The number of morpholine rings is 1. The van der Waals surface area contributed by atoms with E-state index in [1.54, 1.807) is 0 Å². The fourth-order valence-corrected chi connectivity index (χ4v) is 4.07. The van der Waals surface area contributed by atoms with Crippen molar-refractivity contribution in [2.75, 3.05) is 19.7 Å². The molecule has 1 aromatic heterocycles. The molecule has 1 aliphatic heterocycles. The van der Waals surface area contributed by atoms with Gasteiger partial charge in [0.25, 0.3) is 6.47 Å². The lowest BCUT2D eigenvalue weighted by atomic mass is 9.99. The molecule has 1 saturated heterocycles. The van der Waals surface area contributed by atoms with Crippen LogP contribution in [-0.2, 0) is 9.53 Å². The molecule has 1 aromatic carbocycles. The molecule has 1 fully saturated rings. The van der Waals surface area contributed by atoms with Gasteiger partial charge in [-0.15, -0.1) is 11.3 Å². The van der Waals surface area contributed by atoms with Gasteiger partial charge in [-0.2, -0.15) is 0 Å². The van der Waals surface area contributed by atoms with Crippen molar-refractivity contribution in [2.45, 2.75) is 32.4 Å². The van der Waals surface area contributed by atoms with Crippen LogP contribution < -0.4 is 0 Å². The minimum Gasteiger partial charge on any atom is -0.483 e. The Hall–Kier alpha value is -1.96. The van der Waals surface area contributed by atoms with Crippen LogP contribution in [0.2, 0.25) is 0 Å². The van der Waals surface area contributed by atoms with Crippen molar-refractivity contribution in [3.8, 4) is 0 Å². The van der Waals surface area contributed by atoms with Crippen molar-refractivity contribution >= 4 is 33.9 Å². The van der Waals surface area contributed by atoms with Crippen LogP contribution in [0.15, 0.2) is 24.3 Å². The van der Waals surface area contributed by atoms with Gasteiger partial charge in [-0.3, -0.25) is 9.69 Å². The van der Waals surface area contributed by atoms with Gasteiger partial charge in [-0.1, -0.05) is 18.2 Å². The lowest BCUT2D eigenvalue weighted by Crippen LogP contribution is -2.49. The van der Waals surface area contributed by atoms with Gasteiger partial charge in [0.05, 0.1) is 12.7 Å². The predicted octanol–water partition coefficient (Wildman–Crippen LogP) is 3.47. The molecule has 0 radical (unpaired) electrons. The average Bonchev–Trinajstić information content (AvgIpc) is 2.95. The predicted molar refractivity (Wildman–Crippen MR) is 97.5 cm³/mol. The first-order chi connectivity index (χ1) is 11.8. The quantitative estimate of drug-likeness (QED) is 0.793. The number of ether oxygens (including phenoxy) is 1. The van der Waals surface area contributed by atoms with E-state index in [1.807, 2.05) is 24.3 Å². The standard InChI is InChI=1S/C17H21NO3S.CH2O2/c1-17(2,3)18-8-9-21-12(10-18)14-11-6-4-5-7-13(11)22-15(14)16(19)20;2-1-3/h4-7,12H,8-10H2,1-3H3,(H,19,20);1H,(H,2,3). The molecule has 1 aliphatic rings. The van der Waals surface area contributed by atoms with Gasteiger partial charge in [-0.05, 0) is 32.2 Å². The highest BCUT2D eigenvalue weighted by Crippen LogP contribution is 2.38. The van der Waals surface area contributed by atoms with Gasteiger partial charge in [0.2, 0.25) is 0 Å². The van der Waals surface area contributed by atoms with E-state index in [2.05, 4.69) is 25.7 Å². The van der Waals surface area contributed by atoms with E-state index < -0.39 is 5.97 Å². The summed E-state index contributed by atoms with van der Waals surface area (Å²) in [7, 11) is 0. The van der Waals surface area contributed by atoms with Crippen LogP contribution in [0.3, 0.4) is 0 Å².